The third kappa shape index (κ3) is 7.14. The van der Waals surface area contributed by atoms with E-state index in [-0.39, 0.29) is 18.0 Å². The molecule has 1 saturated heterocycles. The van der Waals surface area contributed by atoms with E-state index in [2.05, 4.69) is 29.4 Å². The number of piperidine rings is 1. The molecule has 124 valence electrons. The molecule has 3 N–H and O–H groups in total. The van der Waals surface area contributed by atoms with Crippen molar-refractivity contribution in [2.45, 2.75) is 65.0 Å². The first-order valence-electron chi connectivity index (χ1n) is 8.51. The Balaban J connectivity index is 2.19. The van der Waals surface area contributed by atoms with Gasteiger partial charge in [0.2, 0.25) is 0 Å². The van der Waals surface area contributed by atoms with Crippen molar-refractivity contribution in [2.75, 3.05) is 26.2 Å². The van der Waals surface area contributed by atoms with Gasteiger partial charge in [-0.2, -0.15) is 0 Å². The largest absolute Gasteiger partial charge is 0.391 e. The van der Waals surface area contributed by atoms with Gasteiger partial charge in [-0.1, -0.05) is 33.1 Å². The summed E-state index contributed by atoms with van der Waals surface area (Å²) in [6.07, 6.45) is 5.27. The van der Waals surface area contributed by atoms with Crippen molar-refractivity contribution in [3.8, 4) is 0 Å². The van der Waals surface area contributed by atoms with Crippen LogP contribution >= 0.6 is 0 Å². The highest BCUT2D eigenvalue weighted by Crippen LogP contribution is 2.12. The van der Waals surface area contributed by atoms with E-state index < -0.39 is 6.10 Å². The highest BCUT2D eigenvalue weighted by Gasteiger charge is 2.18. The van der Waals surface area contributed by atoms with Crippen molar-refractivity contribution >= 4 is 6.03 Å². The summed E-state index contributed by atoms with van der Waals surface area (Å²) in [5.41, 5.74) is 0. The number of rotatable bonds is 8. The SMILES string of the molecule is CCC(CC)C(O)CNC(=O)NC(C)CN1CCCCC1. The highest BCUT2D eigenvalue weighted by molar-refractivity contribution is 5.74. The molecule has 1 rings (SSSR count). The number of carbonyl (C=O) groups is 1. The first-order valence-corrected chi connectivity index (χ1v) is 8.51. The maximum atomic E-state index is 11.8. The topological polar surface area (TPSA) is 64.6 Å². The van der Waals surface area contributed by atoms with E-state index in [0.29, 0.717) is 6.54 Å². The van der Waals surface area contributed by atoms with Crippen LogP contribution in [0.5, 0.6) is 0 Å². The van der Waals surface area contributed by atoms with E-state index in [0.717, 1.165) is 32.5 Å². The summed E-state index contributed by atoms with van der Waals surface area (Å²) in [6.45, 7) is 9.68. The lowest BCUT2D eigenvalue weighted by atomic mass is 9.97. The second-order valence-electron chi connectivity index (χ2n) is 6.26. The van der Waals surface area contributed by atoms with Crippen LogP contribution in [-0.4, -0.2) is 54.4 Å². The van der Waals surface area contributed by atoms with E-state index in [1.165, 1.54) is 19.3 Å². The fourth-order valence-corrected chi connectivity index (χ4v) is 3.05. The number of urea groups is 1. The van der Waals surface area contributed by atoms with Crippen LogP contribution in [0.15, 0.2) is 0 Å². The minimum Gasteiger partial charge on any atom is -0.391 e. The molecule has 0 aromatic rings. The Kier molecular flexibility index (Phi) is 8.69. The van der Waals surface area contributed by atoms with Crippen molar-refractivity contribution in [3.05, 3.63) is 0 Å². The maximum Gasteiger partial charge on any atom is 0.315 e. The summed E-state index contributed by atoms with van der Waals surface area (Å²) >= 11 is 0. The molecule has 1 fully saturated rings. The molecule has 0 aromatic heterocycles. The van der Waals surface area contributed by atoms with E-state index in [1.54, 1.807) is 0 Å². The first kappa shape index (κ1) is 18.2. The summed E-state index contributed by atoms with van der Waals surface area (Å²) < 4.78 is 0. The first-order chi connectivity index (χ1) is 10.1. The third-order valence-corrected chi connectivity index (χ3v) is 4.42. The van der Waals surface area contributed by atoms with E-state index in [9.17, 15) is 9.90 Å². The van der Waals surface area contributed by atoms with E-state index in [1.807, 2.05) is 6.92 Å². The molecule has 2 amide bonds. The lowest BCUT2D eigenvalue weighted by molar-refractivity contribution is 0.103. The molecule has 1 heterocycles. The zero-order valence-corrected chi connectivity index (χ0v) is 13.9. The van der Waals surface area contributed by atoms with Crippen molar-refractivity contribution in [1.29, 1.82) is 0 Å². The van der Waals surface area contributed by atoms with E-state index in [4.69, 9.17) is 0 Å². The van der Waals surface area contributed by atoms with Crippen molar-refractivity contribution in [2.24, 2.45) is 5.92 Å². The lowest BCUT2D eigenvalue weighted by Crippen LogP contribution is -2.48. The average Bonchev–Trinajstić information content (AvgIpc) is 2.47. The molecule has 0 aliphatic carbocycles. The fourth-order valence-electron chi connectivity index (χ4n) is 3.05. The quantitative estimate of drug-likeness (QED) is 0.642. The predicted octanol–water partition coefficient (Wildman–Crippen LogP) is 1.96. The highest BCUT2D eigenvalue weighted by atomic mass is 16.3. The van der Waals surface area contributed by atoms with Gasteiger partial charge >= 0.3 is 6.03 Å². The van der Waals surface area contributed by atoms with Gasteiger partial charge in [-0.15, -0.1) is 0 Å². The van der Waals surface area contributed by atoms with Gasteiger partial charge in [0.1, 0.15) is 0 Å². The predicted molar refractivity (Wildman–Crippen MR) is 86.4 cm³/mol. The Bertz CT molecular complexity index is 289. The van der Waals surface area contributed by atoms with Gasteiger partial charge in [-0.05, 0) is 38.8 Å². The van der Waals surface area contributed by atoms with Gasteiger partial charge in [-0.25, -0.2) is 4.79 Å². The molecule has 0 spiro atoms. The van der Waals surface area contributed by atoms with Crippen LogP contribution in [0.1, 0.15) is 52.9 Å². The monoisotopic (exact) mass is 299 g/mol. The van der Waals surface area contributed by atoms with Crippen LogP contribution in [0, 0.1) is 5.92 Å². The third-order valence-electron chi connectivity index (χ3n) is 4.42. The average molecular weight is 299 g/mol. The number of nitrogens with one attached hydrogen (secondary N) is 2. The molecule has 2 atom stereocenters. The number of likely N-dealkylation sites (tertiary alicyclic amines) is 1. The van der Waals surface area contributed by atoms with Crippen molar-refractivity contribution < 1.29 is 9.90 Å². The Labute approximate surface area is 129 Å². The summed E-state index contributed by atoms with van der Waals surface area (Å²) in [6, 6.07) is -0.0436. The molecule has 0 bridgehead atoms. The molecular formula is C16H33N3O2. The smallest absolute Gasteiger partial charge is 0.315 e. The second-order valence-corrected chi connectivity index (χ2v) is 6.26. The maximum absolute atomic E-state index is 11.8. The molecule has 0 radical (unpaired) electrons. The number of hydrogen-bond donors (Lipinski definition) is 3. The molecule has 5 heteroatoms. The summed E-state index contributed by atoms with van der Waals surface area (Å²) in [5.74, 6) is 0.260. The summed E-state index contributed by atoms with van der Waals surface area (Å²) in [7, 11) is 0. The van der Waals surface area contributed by atoms with Gasteiger partial charge < -0.3 is 20.6 Å². The second kappa shape index (κ2) is 10.0. The molecule has 0 saturated carbocycles. The summed E-state index contributed by atoms with van der Waals surface area (Å²) in [4.78, 5) is 14.3. The van der Waals surface area contributed by atoms with Gasteiger partial charge in [0, 0.05) is 19.1 Å². The normalized spacial score (nSPS) is 19.3. The van der Waals surface area contributed by atoms with Crippen LogP contribution in [0.3, 0.4) is 0 Å². The van der Waals surface area contributed by atoms with Crippen LogP contribution < -0.4 is 10.6 Å². The minimum atomic E-state index is -0.455. The van der Waals surface area contributed by atoms with Crippen LogP contribution in [-0.2, 0) is 0 Å². The van der Waals surface area contributed by atoms with Gasteiger partial charge in [0.25, 0.3) is 0 Å². The molecule has 21 heavy (non-hydrogen) atoms. The Morgan fingerprint density at radius 3 is 2.38 bits per heavy atom. The van der Waals surface area contributed by atoms with Gasteiger partial charge in [0.15, 0.2) is 0 Å². The number of nitrogens with zero attached hydrogens (tertiary/aromatic N) is 1. The van der Waals surface area contributed by atoms with E-state index >= 15 is 0 Å². The van der Waals surface area contributed by atoms with Gasteiger partial charge in [-0.3, -0.25) is 0 Å². The van der Waals surface area contributed by atoms with Crippen LogP contribution in [0.2, 0.25) is 0 Å². The lowest BCUT2D eigenvalue weighted by Gasteiger charge is -2.29. The van der Waals surface area contributed by atoms with Crippen molar-refractivity contribution in [3.63, 3.8) is 0 Å². The minimum absolute atomic E-state index is 0.133. The number of carbonyl (C=O) groups excluding carboxylic acids is 1. The van der Waals surface area contributed by atoms with Crippen molar-refractivity contribution in [1.82, 2.24) is 15.5 Å². The molecule has 1 aliphatic rings. The Hall–Kier alpha value is -0.810. The number of amides is 2. The summed E-state index contributed by atoms with van der Waals surface area (Å²) in [5, 5.41) is 15.7. The fraction of sp³-hybridized carbons (Fsp3) is 0.938. The molecule has 5 nitrogen and oxygen atoms in total. The molecule has 0 aromatic carbocycles. The molecule has 1 aliphatic heterocycles. The zero-order valence-electron chi connectivity index (χ0n) is 13.9. The van der Waals surface area contributed by atoms with Crippen LogP contribution in [0.4, 0.5) is 4.79 Å². The number of hydrogen-bond acceptors (Lipinski definition) is 3. The number of aliphatic hydroxyl groups is 1. The molecular weight excluding hydrogens is 266 g/mol. The zero-order chi connectivity index (χ0) is 15.7. The van der Waals surface area contributed by atoms with Gasteiger partial charge in [0.05, 0.1) is 6.10 Å². The van der Waals surface area contributed by atoms with Crippen LogP contribution in [0.25, 0.3) is 0 Å². The Morgan fingerprint density at radius 1 is 1.19 bits per heavy atom. The Morgan fingerprint density at radius 2 is 1.81 bits per heavy atom. The number of aliphatic hydroxyl groups excluding tert-OH is 1. The molecule has 2 unspecified atom stereocenters. The standard InChI is InChI=1S/C16H33N3O2/c1-4-14(5-2)15(20)11-17-16(21)18-13(3)12-19-9-7-6-8-10-19/h13-15,20H,4-12H2,1-3H3,(H2,17,18,21).